The molecule has 0 saturated carbocycles. The topological polar surface area (TPSA) is 66.8 Å². The molecule has 1 fully saturated rings. The van der Waals surface area contributed by atoms with Crippen molar-refractivity contribution in [2.75, 3.05) is 13.1 Å². The number of esters is 1. The van der Waals surface area contributed by atoms with Gasteiger partial charge in [0.15, 0.2) is 0 Å². The Balaban J connectivity index is 2.06. The molecule has 1 aliphatic heterocycles. The van der Waals surface area contributed by atoms with Crippen molar-refractivity contribution in [1.82, 2.24) is 4.90 Å². The maximum absolute atomic E-state index is 12.3. The summed E-state index contributed by atoms with van der Waals surface area (Å²) in [6.07, 6.45) is 0. The Bertz CT molecular complexity index is 535. The third kappa shape index (κ3) is 4.31. The van der Waals surface area contributed by atoms with Crippen LogP contribution in [0.2, 0.25) is 0 Å². The summed E-state index contributed by atoms with van der Waals surface area (Å²) >= 11 is 0. The van der Waals surface area contributed by atoms with E-state index >= 15 is 0 Å². The normalized spacial score (nSPS) is 22.5. The van der Waals surface area contributed by atoms with Crippen LogP contribution in [0.3, 0.4) is 0 Å². The lowest BCUT2D eigenvalue weighted by molar-refractivity contribution is -0.164. The lowest BCUT2D eigenvalue weighted by Gasteiger charge is -2.23. The summed E-state index contributed by atoms with van der Waals surface area (Å²) in [6, 6.07) is 9.83. The molecular formula is C17H23NO4. The van der Waals surface area contributed by atoms with Gasteiger partial charge in [-0.05, 0) is 26.3 Å². The average Bonchev–Trinajstić information content (AvgIpc) is 2.82. The van der Waals surface area contributed by atoms with Gasteiger partial charge in [-0.25, -0.2) is 0 Å². The minimum atomic E-state index is -0.938. The maximum Gasteiger partial charge on any atom is 0.311 e. The molecule has 1 aromatic carbocycles. The van der Waals surface area contributed by atoms with E-state index in [0.29, 0.717) is 19.6 Å². The number of benzene rings is 1. The standard InChI is InChI=1S/C17H23NO4/c1-17(2,3)22-16(21)14-11-18(10-13(14)15(19)20)9-12-7-5-4-6-8-12/h4-8,13-14H,9-11H2,1-3H3,(H,19,20). The highest BCUT2D eigenvalue weighted by atomic mass is 16.6. The molecule has 0 spiro atoms. The molecule has 1 heterocycles. The van der Waals surface area contributed by atoms with Crippen LogP contribution in [0.5, 0.6) is 0 Å². The number of carboxylic acid groups (broad SMARTS) is 1. The minimum absolute atomic E-state index is 0.369. The molecule has 5 heteroatoms. The van der Waals surface area contributed by atoms with Crippen molar-refractivity contribution >= 4 is 11.9 Å². The second-order valence-corrected chi connectivity index (χ2v) is 6.76. The van der Waals surface area contributed by atoms with Gasteiger partial charge in [-0.3, -0.25) is 14.5 Å². The van der Waals surface area contributed by atoms with Crippen LogP contribution in [-0.4, -0.2) is 40.6 Å². The number of nitrogens with zero attached hydrogens (tertiary/aromatic N) is 1. The van der Waals surface area contributed by atoms with Crippen molar-refractivity contribution < 1.29 is 19.4 Å². The SMILES string of the molecule is CC(C)(C)OC(=O)C1CN(Cc2ccccc2)CC1C(=O)O. The highest BCUT2D eigenvalue weighted by Crippen LogP contribution is 2.28. The van der Waals surface area contributed by atoms with Gasteiger partial charge >= 0.3 is 11.9 Å². The molecule has 2 atom stereocenters. The minimum Gasteiger partial charge on any atom is -0.481 e. The molecule has 22 heavy (non-hydrogen) atoms. The molecule has 1 aromatic rings. The molecule has 0 aliphatic carbocycles. The highest BCUT2D eigenvalue weighted by molar-refractivity contribution is 5.82. The molecular weight excluding hydrogens is 282 g/mol. The van der Waals surface area contributed by atoms with Crippen LogP contribution in [0.4, 0.5) is 0 Å². The van der Waals surface area contributed by atoms with Crippen LogP contribution in [0.25, 0.3) is 0 Å². The van der Waals surface area contributed by atoms with E-state index in [4.69, 9.17) is 4.74 Å². The average molecular weight is 305 g/mol. The summed E-state index contributed by atoms with van der Waals surface area (Å²) < 4.78 is 5.37. The number of rotatable bonds is 4. The van der Waals surface area contributed by atoms with Crippen molar-refractivity contribution in [3.8, 4) is 0 Å². The smallest absolute Gasteiger partial charge is 0.311 e. The van der Waals surface area contributed by atoms with Gasteiger partial charge < -0.3 is 9.84 Å². The molecule has 2 rings (SSSR count). The molecule has 1 aliphatic rings. The first-order valence-corrected chi connectivity index (χ1v) is 7.48. The Hall–Kier alpha value is -1.88. The second-order valence-electron chi connectivity index (χ2n) is 6.76. The number of aliphatic carboxylic acids is 1. The van der Waals surface area contributed by atoms with Gasteiger partial charge in [0.05, 0.1) is 11.8 Å². The Labute approximate surface area is 130 Å². The van der Waals surface area contributed by atoms with E-state index in [9.17, 15) is 14.7 Å². The van der Waals surface area contributed by atoms with Crippen molar-refractivity contribution in [1.29, 1.82) is 0 Å². The highest BCUT2D eigenvalue weighted by Gasteiger charge is 2.43. The van der Waals surface area contributed by atoms with Crippen LogP contribution >= 0.6 is 0 Å². The zero-order valence-electron chi connectivity index (χ0n) is 13.3. The van der Waals surface area contributed by atoms with E-state index in [1.165, 1.54) is 0 Å². The predicted octanol–water partition coefficient (Wildman–Crippen LogP) is 2.16. The van der Waals surface area contributed by atoms with E-state index in [1.807, 2.05) is 35.2 Å². The largest absolute Gasteiger partial charge is 0.481 e. The van der Waals surface area contributed by atoms with Crippen LogP contribution in [0.15, 0.2) is 30.3 Å². The molecule has 5 nitrogen and oxygen atoms in total. The van der Waals surface area contributed by atoms with Gasteiger partial charge in [0, 0.05) is 19.6 Å². The summed E-state index contributed by atoms with van der Waals surface area (Å²) in [5.74, 6) is -2.68. The van der Waals surface area contributed by atoms with Crippen molar-refractivity contribution in [3.05, 3.63) is 35.9 Å². The first kappa shape index (κ1) is 16.5. The van der Waals surface area contributed by atoms with E-state index < -0.39 is 29.4 Å². The molecule has 0 aromatic heterocycles. The number of carbonyl (C=O) groups excluding carboxylic acids is 1. The van der Waals surface area contributed by atoms with Crippen molar-refractivity contribution in [2.24, 2.45) is 11.8 Å². The Morgan fingerprint density at radius 1 is 1.18 bits per heavy atom. The third-order valence-electron chi connectivity index (χ3n) is 3.67. The van der Waals surface area contributed by atoms with Crippen molar-refractivity contribution in [2.45, 2.75) is 32.9 Å². The Kier molecular flexibility index (Phi) is 4.86. The number of likely N-dealkylation sites (tertiary alicyclic amines) is 1. The summed E-state index contributed by atoms with van der Waals surface area (Å²) in [4.78, 5) is 25.7. The first-order valence-electron chi connectivity index (χ1n) is 7.48. The molecule has 0 radical (unpaired) electrons. The Morgan fingerprint density at radius 3 is 2.32 bits per heavy atom. The zero-order valence-corrected chi connectivity index (χ0v) is 13.3. The van der Waals surface area contributed by atoms with Crippen LogP contribution in [0, 0.1) is 11.8 Å². The number of carbonyl (C=O) groups is 2. The van der Waals surface area contributed by atoms with E-state index in [-0.39, 0.29) is 0 Å². The summed E-state index contributed by atoms with van der Waals surface area (Å²) in [7, 11) is 0. The van der Waals surface area contributed by atoms with E-state index in [2.05, 4.69) is 0 Å². The van der Waals surface area contributed by atoms with Gasteiger partial charge in [-0.1, -0.05) is 30.3 Å². The predicted molar refractivity (Wildman–Crippen MR) is 82.2 cm³/mol. The molecule has 0 bridgehead atoms. The Morgan fingerprint density at radius 2 is 1.77 bits per heavy atom. The lowest BCUT2D eigenvalue weighted by atomic mass is 9.96. The fourth-order valence-corrected chi connectivity index (χ4v) is 2.72. The van der Waals surface area contributed by atoms with Crippen molar-refractivity contribution in [3.63, 3.8) is 0 Å². The van der Waals surface area contributed by atoms with Gasteiger partial charge in [0.25, 0.3) is 0 Å². The summed E-state index contributed by atoms with van der Waals surface area (Å²) in [5.41, 5.74) is 0.504. The quantitative estimate of drug-likeness (QED) is 0.864. The van der Waals surface area contributed by atoms with E-state index in [0.717, 1.165) is 5.56 Å². The molecule has 0 amide bonds. The van der Waals surface area contributed by atoms with Gasteiger partial charge in [-0.2, -0.15) is 0 Å². The fourth-order valence-electron chi connectivity index (χ4n) is 2.72. The maximum atomic E-state index is 12.3. The van der Waals surface area contributed by atoms with E-state index in [1.54, 1.807) is 20.8 Å². The van der Waals surface area contributed by atoms with Gasteiger partial charge in [0.2, 0.25) is 0 Å². The molecule has 1 saturated heterocycles. The summed E-state index contributed by atoms with van der Waals surface area (Å²) in [5, 5.41) is 9.38. The second kappa shape index (κ2) is 6.48. The van der Waals surface area contributed by atoms with Gasteiger partial charge in [-0.15, -0.1) is 0 Å². The monoisotopic (exact) mass is 305 g/mol. The first-order chi connectivity index (χ1) is 10.3. The molecule has 1 N–H and O–H groups in total. The fraction of sp³-hybridized carbons (Fsp3) is 0.529. The lowest BCUT2D eigenvalue weighted by Crippen LogP contribution is -2.34. The number of hydrogen-bond acceptors (Lipinski definition) is 4. The van der Waals surface area contributed by atoms with Crippen LogP contribution in [0.1, 0.15) is 26.3 Å². The number of ether oxygens (including phenoxy) is 1. The molecule has 120 valence electrons. The molecule has 2 unspecified atom stereocenters. The summed E-state index contributed by atoms with van der Waals surface area (Å²) in [6.45, 7) is 6.80. The third-order valence-corrected chi connectivity index (χ3v) is 3.67. The van der Waals surface area contributed by atoms with Gasteiger partial charge in [0.1, 0.15) is 5.60 Å². The van der Waals surface area contributed by atoms with Crippen LogP contribution in [-0.2, 0) is 20.9 Å². The number of carboxylic acids is 1. The number of hydrogen-bond donors (Lipinski definition) is 1. The van der Waals surface area contributed by atoms with Crippen LogP contribution < -0.4 is 0 Å². The zero-order chi connectivity index (χ0) is 16.3.